The van der Waals surface area contributed by atoms with Crippen molar-refractivity contribution < 1.29 is 1.37 Å². The van der Waals surface area contributed by atoms with Gasteiger partial charge in [0.2, 0.25) is 0 Å². The third kappa shape index (κ3) is 1.53. The predicted octanol–water partition coefficient (Wildman–Crippen LogP) is 2.21. The summed E-state index contributed by atoms with van der Waals surface area (Å²) >= 11 is 0. The van der Waals surface area contributed by atoms with Crippen LogP contribution in [0.5, 0.6) is 0 Å². The molecule has 0 atom stereocenters. The molecule has 1 nitrogen and oxygen atoms in total. The van der Waals surface area contributed by atoms with Crippen molar-refractivity contribution in [2.75, 3.05) is 0 Å². The van der Waals surface area contributed by atoms with Crippen molar-refractivity contribution >= 4 is 0 Å². The van der Waals surface area contributed by atoms with E-state index in [4.69, 9.17) is 1.37 Å². The molecule has 0 aliphatic heterocycles. The van der Waals surface area contributed by atoms with E-state index in [1.807, 2.05) is 12.1 Å². The van der Waals surface area contributed by atoms with Crippen LogP contribution in [-0.4, -0.2) is 4.98 Å². The molecule has 48 valence electrons. The van der Waals surface area contributed by atoms with Crippen LogP contribution in [-0.2, 0) is 0 Å². The Labute approximate surface area is 57.2 Å². The molecule has 0 saturated carbocycles. The van der Waals surface area contributed by atoms with Crippen molar-refractivity contribution in [1.82, 2.24) is 4.98 Å². The van der Waals surface area contributed by atoms with Crippen molar-refractivity contribution in [3.8, 4) is 0 Å². The molecule has 1 rings (SSSR count). The van der Waals surface area contributed by atoms with Crippen LogP contribution >= 0.6 is 0 Å². The second-order valence-electron chi connectivity index (χ2n) is 2.35. The minimum atomic E-state index is 0.353. The van der Waals surface area contributed by atoms with Gasteiger partial charge >= 0.3 is 0 Å². The highest BCUT2D eigenvalue weighted by molar-refractivity contribution is 5.06. The molecule has 0 radical (unpaired) electrons. The fourth-order valence-corrected chi connectivity index (χ4v) is 0.660. The molecule has 1 heteroatoms. The number of hydrogen-bond donors (Lipinski definition) is 0. The van der Waals surface area contributed by atoms with Gasteiger partial charge in [-0.1, -0.05) is 19.9 Å². The molecule has 0 spiro atoms. The quantitative estimate of drug-likeness (QED) is 0.558. The van der Waals surface area contributed by atoms with Gasteiger partial charge in [-0.3, -0.25) is 4.98 Å². The standard InChI is InChI=1S/C8H11N/c1-7(2)8-5-3-4-6-9-8/h3-7H,1-2H3/i6T. The van der Waals surface area contributed by atoms with E-state index < -0.39 is 0 Å². The van der Waals surface area contributed by atoms with Crippen molar-refractivity contribution in [2.24, 2.45) is 0 Å². The number of rotatable bonds is 1. The van der Waals surface area contributed by atoms with Gasteiger partial charge in [-0.15, -0.1) is 0 Å². The summed E-state index contributed by atoms with van der Waals surface area (Å²) < 4.78 is 7.22. The first-order valence-corrected chi connectivity index (χ1v) is 3.13. The third-order valence-electron chi connectivity index (χ3n) is 1.22. The summed E-state index contributed by atoms with van der Waals surface area (Å²) in [5.74, 6) is 0.422. The fourth-order valence-electron chi connectivity index (χ4n) is 0.660. The lowest BCUT2D eigenvalue weighted by molar-refractivity contribution is 0.823. The summed E-state index contributed by atoms with van der Waals surface area (Å²) in [5.41, 5.74) is 0.993. The molecule has 9 heavy (non-hydrogen) atoms. The largest absolute Gasteiger partial charge is 0.261 e. The summed E-state index contributed by atoms with van der Waals surface area (Å²) in [6, 6.07) is 5.50. The molecule has 0 saturated heterocycles. The maximum Gasteiger partial charge on any atom is 0.0840 e. The SMILES string of the molecule is [3H]c1cccc(C(C)C)n1. The summed E-state index contributed by atoms with van der Waals surface area (Å²) in [4.78, 5) is 4.04. The maximum absolute atomic E-state index is 7.22. The number of hydrogen-bond acceptors (Lipinski definition) is 1. The summed E-state index contributed by atoms with van der Waals surface area (Å²) in [7, 11) is 0. The van der Waals surface area contributed by atoms with E-state index in [0.717, 1.165) is 5.69 Å². The van der Waals surface area contributed by atoms with E-state index in [0.29, 0.717) is 12.1 Å². The zero-order valence-electron chi connectivity index (χ0n) is 6.76. The maximum atomic E-state index is 7.22. The minimum absolute atomic E-state index is 0.353. The molecule has 0 bridgehead atoms. The first-order valence-electron chi connectivity index (χ1n) is 3.63. The van der Waals surface area contributed by atoms with Crippen LogP contribution in [0.25, 0.3) is 0 Å². The number of aromatic nitrogens is 1. The first-order chi connectivity index (χ1) is 4.70. The van der Waals surface area contributed by atoms with E-state index in [2.05, 4.69) is 18.8 Å². The molecule has 0 amide bonds. The van der Waals surface area contributed by atoms with Crippen LogP contribution in [0.1, 0.15) is 26.8 Å². The van der Waals surface area contributed by atoms with Crippen molar-refractivity contribution in [3.05, 3.63) is 30.1 Å². The van der Waals surface area contributed by atoms with Gasteiger partial charge < -0.3 is 0 Å². The zero-order valence-corrected chi connectivity index (χ0v) is 5.76. The summed E-state index contributed by atoms with van der Waals surface area (Å²) in [5, 5.41) is 0. The monoisotopic (exact) mass is 123 g/mol. The van der Waals surface area contributed by atoms with Gasteiger partial charge in [0.1, 0.15) is 0 Å². The van der Waals surface area contributed by atoms with Crippen molar-refractivity contribution in [2.45, 2.75) is 19.8 Å². The molecule has 0 unspecified atom stereocenters. The average molecular weight is 123 g/mol. The van der Waals surface area contributed by atoms with Crippen molar-refractivity contribution in [1.29, 1.82) is 0 Å². The first kappa shape index (κ1) is 4.98. The highest BCUT2D eigenvalue weighted by Crippen LogP contribution is 2.08. The Morgan fingerprint density at radius 2 is 2.33 bits per heavy atom. The van der Waals surface area contributed by atoms with E-state index in [-0.39, 0.29) is 0 Å². The Hall–Kier alpha value is -0.850. The molecule has 1 aromatic heterocycles. The Balaban J connectivity index is 2.96. The smallest absolute Gasteiger partial charge is 0.0840 e. The Morgan fingerprint density at radius 3 is 2.78 bits per heavy atom. The molecule has 0 aromatic carbocycles. The normalized spacial score (nSPS) is 11.7. The van der Waals surface area contributed by atoms with Gasteiger partial charge in [0.25, 0.3) is 0 Å². The average Bonchev–Trinajstić information content (AvgIpc) is 1.88. The molecule has 0 N–H and O–H groups in total. The van der Waals surface area contributed by atoms with Crippen LogP contribution in [0.15, 0.2) is 24.4 Å². The van der Waals surface area contributed by atoms with Crippen LogP contribution in [0.4, 0.5) is 0 Å². The molecular formula is C8H11N. The third-order valence-corrected chi connectivity index (χ3v) is 1.22. The molecule has 0 fully saturated rings. The van der Waals surface area contributed by atoms with Crippen molar-refractivity contribution in [3.63, 3.8) is 0 Å². The zero-order chi connectivity index (χ0) is 7.56. The van der Waals surface area contributed by atoms with E-state index in [9.17, 15) is 0 Å². The van der Waals surface area contributed by atoms with E-state index in [1.165, 1.54) is 0 Å². The summed E-state index contributed by atoms with van der Waals surface area (Å²) in [6.07, 6.45) is 0.353. The van der Waals surface area contributed by atoms with Gasteiger partial charge in [-0.25, -0.2) is 0 Å². The Kier molecular flexibility index (Phi) is 1.45. The lowest BCUT2D eigenvalue weighted by Crippen LogP contribution is -1.88. The highest BCUT2D eigenvalue weighted by atomic mass is 14.7. The predicted molar refractivity (Wildman–Crippen MR) is 38.3 cm³/mol. The highest BCUT2D eigenvalue weighted by Gasteiger charge is 1.95. The second-order valence-corrected chi connectivity index (χ2v) is 2.35. The molecule has 0 aliphatic carbocycles. The van der Waals surface area contributed by atoms with E-state index in [1.54, 1.807) is 6.07 Å². The van der Waals surface area contributed by atoms with Gasteiger partial charge in [0.15, 0.2) is 0 Å². The summed E-state index contributed by atoms with van der Waals surface area (Å²) in [6.45, 7) is 4.14. The fraction of sp³-hybridized carbons (Fsp3) is 0.375. The lowest BCUT2D eigenvalue weighted by Gasteiger charge is -2.00. The van der Waals surface area contributed by atoms with Crippen LogP contribution < -0.4 is 0 Å². The van der Waals surface area contributed by atoms with Gasteiger partial charge in [0, 0.05) is 11.9 Å². The van der Waals surface area contributed by atoms with Gasteiger partial charge in [0.05, 0.1) is 1.37 Å². The van der Waals surface area contributed by atoms with Gasteiger partial charge in [-0.05, 0) is 18.1 Å². The topological polar surface area (TPSA) is 12.9 Å². The molecule has 0 aliphatic rings. The van der Waals surface area contributed by atoms with Crippen LogP contribution in [0.3, 0.4) is 0 Å². The Bertz CT molecular complexity index is 220. The number of pyridine rings is 1. The Morgan fingerprint density at radius 1 is 1.56 bits per heavy atom. The second kappa shape index (κ2) is 2.62. The minimum Gasteiger partial charge on any atom is -0.261 e. The number of nitrogens with zero attached hydrogens (tertiary/aromatic N) is 1. The van der Waals surface area contributed by atoms with E-state index >= 15 is 0 Å². The van der Waals surface area contributed by atoms with Gasteiger partial charge in [-0.2, -0.15) is 0 Å². The van der Waals surface area contributed by atoms with Crippen LogP contribution in [0, 0.1) is 0 Å². The molecular weight excluding hydrogens is 110 g/mol. The van der Waals surface area contributed by atoms with Crippen LogP contribution in [0.2, 0.25) is 0 Å². The molecule has 1 heterocycles. The lowest BCUT2D eigenvalue weighted by atomic mass is 10.1. The molecule has 1 aromatic rings.